The first-order valence-corrected chi connectivity index (χ1v) is 16.5. The van der Waals surface area contributed by atoms with Gasteiger partial charge in [-0.3, -0.25) is 4.90 Å². The fourth-order valence-electron chi connectivity index (χ4n) is 6.88. The molecule has 1 N–H and O–H groups in total. The van der Waals surface area contributed by atoms with Crippen LogP contribution in [0.15, 0.2) is 67.0 Å². The predicted octanol–water partition coefficient (Wildman–Crippen LogP) is 8.70. The van der Waals surface area contributed by atoms with Crippen LogP contribution < -0.4 is 9.64 Å². The van der Waals surface area contributed by atoms with Gasteiger partial charge in [0, 0.05) is 61.1 Å². The Morgan fingerprint density at radius 3 is 2.53 bits per heavy atom. The van der Waals surface area contributed by atoms with E-state index in [0.717, 1.165) is 54.5 Å². The number of benzene rings is 2. The smallest absolute Gasteiger partial charge is 0.342 e. The van der Waals surface area contributed by atoms with E-state index in [9.17, 15) is 4.79 Å². The maximum absolute atomic E-state index is 13.2. The number of aromatic amines is 1. The van der Waals surface area contributed by atoms with Gasteiger partial charge in [0.1, 0.15) is 28.3 Å². The SMILES string of the molecule is CC1(C)CCC(CN2CCN(c3ccc(C(=O)OC(C)(C)C)c(Oc4cnc5[nH]ccc5c4)c3)CC2)C(c2ccc(Cl)cc2)C1. The number of rotatable bonds is 7. The Labute approximate surface area is 271 Å². The summed E-state index contributed by atoms with van der Waals surface area (Å²) in [5.74, 6) is 1.81. The molecule has 1 saturated carbocycles. The van der Waals surface area contributed by atoms with E-state index in [1.807, 2.05) is 69.4 Å². The molecule has 1 aliphatic heterocycles. The average molecular weight is 629 g/mol. The van der Waals surface area contributed by atoms with Crippen molar-refractivity contribution in [1.82, 2.24) is 14.9 Å². The molecule has 3 heterocycles. The molecule has 4 aromatic rings. The first-order valence-electron chi connectivity index (χ1n) is 16.1. The van der Waals surface area contributed by atoms with E-state index in [0.29, 0.717) is 34.3 Å². The summed E-state index contributed by atoms with van der Waals surface area (Å²) in [7, 11) is 0. The van der Waals surface area contributed by atoms with Crippen LogP contribution >= 0.6 is 11.6 Å². The van der Waals surface area contributed by atoms with Crippen LogP contribution in [0.5, 0.6) is 11.5 Å². The molecule has 45 heavy (non-hydrogen) atoms. The van der Waals surface area contributed by atoms with E-state index in [1.165, 1.54) is 24.8 Å². The highest BCUT2D eigenvalue weighted by molar-refractivity contribution is 6.30. The third-order valence-electron chi connectivity index (χ3n) is 9.25. The van der Waals surface area contributed by atoms with Crippen LogP contribution in [-0.2, 0) is 4.74 Å². The van der Waals surface area contributed by atoms with E-state index in [2.05, 4.69) is 45.7 Å². The van der Waals surface area contributed by atoms with Gasteiger partial charge in [0.05, 0.1) is 6.20 Å². The normalized spacial score (nSPS) is 20.7. The number of carbonyl (C=O) groups is 1. The summed E-state index contributed by atoms with van der Waals surface area (Å²) >= 11 is 6.23. The molecular weight excluding hydrogens is 584 g/mol. The van der Waals surface area contributed by atoms with Crippen molar-refractivity contribution in [3.8, 4) is 11.5 Å². The maximum atomic E-state index is 13.2. The molecule has 2 fully saturated rings. The molecule has 0 radical (unpaired) electrons. The summed E-state index contributed by atoms with van der Waals surface area (Å²) in [4.78, 5) is 25.8. The molecule has 0 amide bonds. The van der Waals surface area contributed by atoms with E-state index in [1.54, 1.807) is 6.20 Å². The van der Waals surface area contributed by atoms with Crippen molar-refractivity contribution in [2.24, 2.45) is 11.3 Å². The number of nitrogens with one attached hydrogen (secondary N) is 1. The molecule has 2 aromatic heterocycles. The quantitative estimate of drug-likeness (QED) is 0.206. The average Bonchev–Trinajstić information content (AvgIpc) is 3.46. The minimum atomic E-state index is -0.615. The number of piperazine rings is 1. The van der Waals surface area contributed by atoms with Crippen LogP contribution in [0.2, 0.25) is 5.02 Å². The lowest BCUT2D eigenvalue weighted by molar-refractivity contribution is 0.00671. The second-order valence-electron chi connectivity index (χ2n) is 14.5. The predicted molar refractivity (Wildman–Crippen MR) is 182 cm³/mol. The zero-order valence-corrected chi connectivity index (χ0v) is 27.9. The molecule has 6 rings (SSSR count). The lowest BCUT2D eigenvalue weighted by Crippen LogP contribution is -2.49. The monoisotopic (exact) mass is 628 g/mol. The number of nitrogens with zero attached hydrogens (tertiary/aromatic N) is 3. The van der Waals surface area contributed by atoms with Crippen LogP contribution in [0.25, 0.3) is 11.0 Å². The molecular formula is C37H45ClN4O3. The van der Waals surface area contributed by atoms with Gasteiger partial charge >= 0.3 is 5.97 Å². The van der Waals surface area contributed by atoms with Crippen LogP contribution in [0, 0.1) is 11.3 Å². The highest BCUT2D eigenvalue weighted by atomic mass is 35.5. The van der Waals surface area contributed by atoms with Crippen LogP contribution in [0.3, 0.4) is 0 Å². The molecule has 0 bridgehead atoms. The highest BCUT2D eigenvalue weighted by Gasteiger charge is 2.37. The number of pyridine rings is 1. The number of hydrogen-bond donors (Lipinski definition) is 1. The van der Waals surface area contributed by atoms with Crippen molar-refractivity contribution in [2.75, 3.05) is 37.6 Å². The van der Waals surface area contributed by atoms with Gasteiger partial charge in [-0.1, -0.05) is 37.6 Å². The van der Waals surface area contributed by atoms with Gasteiger partial charge in [0.25, 0.3) is 0 Å². The van der Waals surface area contributed by atoms with Crippen molar-refractivity contribution in [3.05, 3.63) is 83.1 Å². The van der Waals surface area contributed by atoms with Crippen molar-refractivity contribution >= 4 is 34.3 Å². The molecule has 0 spiro atoms. The van der Waals surface area contributed by atoms with Crippen molar-refractivity contribution < 1.29 is 14.3 Å². The lowest BCUT2D eigenvalue weighted by Gasteiger charge is -2.44. The van der Waals surface area contributed by atoms with Crippen LogP contribution in [0.1, 0.15) is 75.7 Å². The fraction of sp³-hybridized carbons (Fsp3) is 0.459. The molecule has 238 valence electrons. The number of H-pyrrole nitrogens is 1. The van der Waals surface area contributed by atoms with Gasteiger partial charge in [0.2, 0.25) is 0 Å². The minimum Gasteiger partial charge on any atom is -0.456 e. The second-order valence-corrected chi connectivity index (χ2v) is 14.9. The largest absolute Gasteiger partial charge is 0.456 e. The first kappa shape index (κ1) is 31.4. The number of esters is 1. The van der Waals surface area contributed by atoms with Crippen molar-refractivity contribution in [2.45, 2.75) is 65.4 Å². The molecule has 1 saturated heterocycles. The Morgan fingerprint density at radius 1 is 1.04 bits per heavy atom. The molecule has 2 aliphatic rings. The highest BCUT2D eigenvalue weighted by Crippen LogP contribution is 2.47. The second kappa shape index (κ2) is 12.7. The number of halogens is 1. The first-order chi connectivity index (χ1) is 21.4. The van der Waals surface area contributed by atoms with Gasteiger partial charge in [-0.2, -0.15) is 0 Å². The number of hydrogen-bond acceptors (Lipinski definition) is 6. The molecule has 8 heteroatoms. The zero-order valence-electron chi connectivity index (χ0n) is 27.1. The maximum Gasteiger partial charge on any atom is 0.342 e. The van der Waals surface area contributed by atoms with Crippen molar-refractivity contribution in [3.63, 3.8) is 0 Å². The topological polar surface area (TPSA) is 70.7 Å². The van der Waals surface area contributed by atoms with Crippen LogP contribution in [-0.4, -0.2) is 59.2 Å². The van der Waals surface area contributed by atoms with Crippen molar-refractivity contribution in [1.29, 1.82) is 0 Å². The summed E-state index contributed by atoms with van der Waals surface area (Å²) < 4.78 is 12.1. The van der Waals surface area contributed by atoms with Gasteiger partial charge in [-0.25, -0.2) is 9.78 Å². The number of ether oxygens (including phenoxy) is 2. The van der Waals surface area contributed by atoms with Crippen LogP contribution in [0.4, 0.5) is 5.69 Å². The van der Waals surface area contributed by atoms with Gasteiger partial charge in [-0.15, -0.1) is 0 Å². The van der Waals surface area contributed by atoms with E-state index in [-0.39, 0.29) is 0 Å². The zero-order chi connectivity index (χ0) is 31.8. The molecule has 2 atom stereocenters. The number of fused-ring (bicyclic) bond motifs is 1. The molecule has 1 aliphatic carbocycles. The molecule has 2 aromatic carbocycles. The lowest BCUT2D eigenvalue weighted by atomic mass is 9.65. The molecule has 7 nitrogen and oxygen atoms in total. The van der Waals surface area contributed by atoms with Gasteiger partial charge in [0.15, 0.2) is 0 Å². The van der Waals surface area contributed by atoms with E-state index < -0.39 is 11.6 Å². The summed E-state index contributed by atoms with van der Waals surface area (Å²) in [5.41, 5.74) is 3.38. The summed E-state index contributed by atoms with van der Waals surface area (Å²) in [6.45, 7) is 15.3. The third kappa shape index (κ3) is 7.64. The van der Waals surface area contributed by atoms with E-state index >= 15 is 0 Å². The third-order valence-corrected chi connectivity index (χ3v) is 9.50. The van der Waals surface area contributed by atoms with Gasteiger partial charge < -0.3 is 19.4 Å². The summed E-state index contributed by atoms with van der Waals surface area (Å²) in [6, 6.07) is 18.2. The Morgan fingerprint density at radius 2 is 1.80 bits per heavy atom. The Hall–Kier alpha value is -3.55. The molecule has 2 unspecified atom stereocenters. The number of carbonyl (C=O) groups excluding carboxylic acids is 1. The van der Waals surface area contributed by atoms with E-state index in [4.69, 9.17) is 21.1 Å². The summed E-state index contributed by atoms with van der Waals surface area (Å²) in [5, 5.41) is 1.74. The summed E-state index contributed by atoms with van der Waals surface area (Å²) in [6.07, 6.45) is 7.24. The Bertz CT molecular complexity index is 1630. The fourth-order valence-corrected chi connectivity index (χ4v) is 7.00. The Balaban J connectivity index is 1.16. The number of anilines is 1. The number of aromatic nitrogens is 2. The minimum absolute atomic E-state index is 0.355. The standard InChI is InChI=1S/C37H45ClN4O3/c1-36(2,3)45-35(43)31-11-10-29(21-33(31)44-30-20-26-13-15-39-34(26)40-23-30)42-18-16-41(17-19-42)24-27-12-14-37(4,5)22-32(27)25-6-8-28(38)9-7-25/h6-11,13,15,20-21,23,27,32H,12,14,16-19,22,24H2,1-5H3,(H,39,40). The van der Waals surface area contributed by atoms with Gasteiger partial charge in [-0.05, 0) is 99.2 Å². The Kier molecular flexibility index (Phi) is 8.86.